The molecule has 1 atom stereocenters. The lowest BCUT2D eigenvalue weighted by molar-refractivity contribution is -0.143. The fourth-order valence-electron chi connectivity index (χ4n) is 3.68. The van der Waals surface area contributed by atoms with Crippen LogP contribution in [0, 0.1) is 0 Å². The van der Waals surface area contributed by atoms with Crippen LogP contribution < -0.4 is 10.1 Å². The van der Waals surface area contributed by atoms with Crippen LogP contribution in [-0.4, -0.2) is 26.9 Å². The quantitative estimate of drug-likeness (QED) is 0.213. The van der Waals surface area contributed by atoms with Gasteiger partial charge < -0.3 is 15.2 Å². The SMILES string of the molecule is O=C(O)[C@H](Cc1ccc(OCc2c(Cl)cccc2Cl)cc1)Nc1cnn(-c2ccc(Cl)cc2)c1C(F)(F)F. The highest BCUT2D eigenvalue weighted by molar-refractivity contribution is 6.36. The molecular weight excluding hydrogens is 566 g/mol. The number of ether oxygens (including phenoxy) is 1. The van der Waals surface area contributed by atoms with Crippen LogP contribution in [-0.2, 0) is 24.0 Å². The molecule has 0 fully saturated rings. The van der Waals surface area contributed by atoms with Crippen LogP contribution in [0.4, 0.5) is 18.9 Å². The van der Waals surface area contributed by atoms with Gasteiger partial charge in [0, 0.05) is 27.1 Å². The van der Waals surface area contributed by atoms with Gasteiger partial charge in [0.2, 0.25) is 0 Å². The molecule has 6 nitrogen and oxygen atoms in total. The molecule has 0 amide bonds. The molecule has 0 saturated carbocycles. The summed E-state index contributed by atoms with van der Waals surface area (Å²) in [6.45, 7) is 0.120. The molecule has 1 aromatic heterocycles. The summed E-state index contributed by atoms with van der Waals surface area (Å²) in [5, 5.41) is 17.3. The van der Waals surface area contributed by atoms with Crippen molar-refractivity contribution in [2.24, 2.45) is 0 Å². The second kappa shape index (κ2) is 11.6. The molecular formula is C26H19Cl3F3N3O3. The van der Waals surface area contributed by atoms with Gasteiger partial charge in [0.15, 0.2) is 5.69 Å². The predicted molar refractivity (Wildman–Crippen MR) is 140 cm³/mol. The Balaban J connectivity index is 1.50. The summed E-state index contributed by atoms with van der Waals surface area (Å²) >= 11 is 18.1. The average molecular weight is 585 g/mol. The molecule has 0 bridgehead atoms. The van der Waals surface area contributed by atoms with Crippen LogP contribution in [0.25, 0.3) is 5.69 Å². The van der Waals surface area contributed by atoms with Gasteiger partial charge in [-0.15, -0.1) is 0 Å². The van der Waals surface area contributed by atoms with Crippen molar-refractivity contribution >= 4 is 46.5 Å². The van der Waals surface area contributed by atoms with Gasteiger partial charge in [-0.2, -0.15) is 18.3 Å². The van der Waals surface area contributed by atoms with E-state index in [1.54, 1.807) is 42.5 Å². The summed E-state index contributed by atoms with van der Waals surface area (Å²) in [5.74, 6) is -0.848. The molecule has 0 aliphatic rings. The van der Waals surface area contributed by atoms with Crippen LogP contribution in [0.15, 0.2) is 72.9 Å². The van der Waals surface area contributed by atoms with E-state index in [4.69, 9.17) is 39.5 Å². The summed E-state index contributed by atoms with van der Waals surface area (Å²) in [7, 11) is 0. The third-order valence-corrected chi connectivity index (χ3v) is 6.50. The number of anilines is 1. The number of halogens is 6. The van der Waals surface area contributed by atoms with Gasteiger partial charge in [-0.3, -0.25) is 0 Å². The minimum Gasteiger partial charge on any atom is -0.489 e. The van der Waals surface area contributed by atoms with Crippen molar-refractivity contribution in [1.82, 2.24) is 9.78 Å². The van der Waals surface area contributed by atoms with Crippen molar-refractivity contribution < 1.29 is 27.8 Å². The van der Waals surface area contributed by atoms with E-state index in [2.05, 4.69) is 10.4 Å². The minimum absolute atomic E-state index is 0.102. The van der Waals surface area contributed by atoms with E-state index in [0.29, 0.717) is 36.6 Å². The maximum Gasteiger partial charge on any atom is 0.435 e. The maximum absolute atomic E-state index is 14.0. The summed E-state index contributed by atoms with van der Waals surface area (Å²) in [6, 6.07) is 15.9. The molecule has 4 rings (SSSR count). The smallest absolute Gasteiger partial charge is 0.435 e. The summed E-state index contributed by atoms with van der Waals surface area (Å²) in [5.41, 5.74) is -0.291. The van der Waals surface area contributed by atoms with E-state index < -0.39 is 29.6 Å². The molecule has 12 heteroatoms. The zero-order chi connectivity index (χ0) is 27.4. The van der Waals surface area contributed by atoms with E-state index >= 15 is 0 Å². The number of hydrogen-bond acceptors (Lipinski definition) is 4. The summed E-state index contributed by atoms with van der Waals surface area (Å²) < 4.78 is 48.3. The van der Waals surface area contributed by atoms with Crippen LogP contribution in [0.2, 0.25) is 15.1 Å². The van der Waals surface area contributed by atoms with Crippen LogP contribution in [0.1, 0.15) is 16.8 Å². The first-order valence-electron chi connectivity index (χ1n) is 11.1. The number of alkyl halides is 3. The van der Waals surface area contributed by atoms with E-state index in [-0.39, 0.29) is 18.7 Å². The van der Waals surface area contributed by atoms with Gasteiger partial charge in [-0.1, -0.05) is 53.0 Å². The molecule has 0 saturated heterocycles. The van der Waals surface area contributed by atoms with Crippen LogP contribution in [0.3, 0.4) is 0 Å². The maximum atomic E-state index is 14.0. The van der Waals surface area contributed by atoms with Crippen molar-refractivity contribution in [2.45, 2.75) is 25.2 Å². The molecule has 0 unspecified atom stereocenters. The molecule has 4 aromatic rings. The number of hydrogen-bond donors (Lipinski definition) is 2. The largest absolute Gasteiger partial charge is 0.489 e. The van der Waals surface area contributed by atoms with Crippen molar-refractivity contribution in [3.8, 4) is 11.4 Å². The fraction of sp³-hybridized carbons (Fsp3) is 0.154. The Kier molecular flexibility index (Phi) is 8.40. The molecule has 3 aromatic carbocycles. The van der Waals surface area contributed by atoms with Crippen LogP contribution in [0.5, 0.6) is 5.75 Å². The third kappa shape index (κ3) is 6.53. The third-order valence-electron chi connectivity index (χ3n) is 5.54. The van der Waals surface area contributed by atoms with Gasteiger partial charge in [0.05, 0.1) is 17.6 Å². The molecule has 0 aliphatic carbocycles. The minimum atomic E-state index is -4.81. The second-order valence-corrected chi connectivity index (χ2v) is 9.42. The predicted octanol–water partition coefficient (Wildman–Crippen LogP) is 7.54. The number of aliphatic carboxylic acids is 1. The topological polar surface area (TPSA) is 76.4 Å². The van der Waals surface area contributed by atoms with Crippen LogP contribution >= 0.6 is 34.8 Å². The Morgan fingerprint density at radius 2 is 1.63 bits per heavy atom. The molecule has 2 N–H and O–H groups in total. The highest BCUT2D eigenvalue weighted by Gasteiger charge is 2.39. The lowest BCUT2D eigenvalue weighted by atomic mass is 10.1. The number of nitrogens with zero attached hydrogens (tertiary/aromatic N) is 2. The molecule has 1 heterocycles. The van der Waals surface area contributed by atoms with Gasteiger partial charge in [-0.25, -0.2) is 9.48 Å². The first-order chi connectivity index (χ1) is 18.0. The summed E-state index contributed by atoms with van der Waals surface area (Å²) in [6.07, 6.45) is -3.97. The lowest BCUT2D eigenvalue weighted by Gasteiger charge is -2.18. The Labute approximate surface area is 230 Å². The number of rotatable bonds is 9. The van der Waals surface area contributed by atoms with E-state index in [1.807, 2.05) is 0 Å². The Morgan fingerprint density at radius 3 is 2.21 bits per heavy atom. The summed E-state index contributed by atoms with van der Waals surface area (Å²) in [4.78, 5) is 11.9. The Morgan fingerprint density at radius 1 is 1.00 bits per heavy atom. The molecule has 0 radical (unpaired) electrons. The Bertz CT molecular complexity index is 1410. The first-order valence-corrected chi connectivity index (χ1v) is 12.2. The zero-order valence-electron chi connectivity index (χ0n) is 19.3. The first kappa shape index (κ1) is 27.6. The number of carbonyl (C=O) groups is 1. The second-order valence-electron chi connectivity index (χ2n) is 8.16. The Hall–Kier alpha value is -3.40. The highest BCUT2D eigenvalue weighted by Crippen LogP contribution is 2.37. The number of nitrogens with one attached hydrogen (secondary N) is 1. The van der Waals surface area contributed by atoms with Gasteiger partial charge in [0.25, 0.3) is 0 Å². The number of carboxylic acids is 1. The monoisotopic (exact) mass is 583 g/mol. The number of aromatic nitrogens is 2. The molecule has 0 spiro atoms. The van der Waals surface area contributed by atoms with E-state index in [9.17, 15) is 23.1 Å². The van der Waals surface area contributed by atoms with Crippen molar-refractivity contribution in [2.75, 3.05) is 5.32 Å². The van der Waals surface area contributed by atoms with Gasteiger partial charge in [-0.05, 0) is 54.1 Å². The lowest BCUT2D eigenvalue weighted by Crippen LogP contribution is -2.32. The number of benzene rings is 3. The van der Waals surface area contributed by atoms with Gasteiger partial charge in [0.1, 0.15) is 18.4 Å². The zero-order valence-corrected chi connectivity index (χ0v) is 21.6. The fourth-order valence-corrected chi connectivity index (χ4v) is 4.31. The van der Waals surface area contributed by atoms with E-state index in [1.165, 1.54) is 24.3 Å². The molecule has 198 valence electrons. The normalized spacial score (nSPS) is 12.3. The van der Waals surface area contributed by atoms with Crippen molar-refractivity contribution in [1.29, 1.82) is 0 Å². The average Bonchev–Trinajstić information content (AvgIpc) is 3.29. The standard InChI is InChI=1S/C26H19Cl3F3N3O3/c27-16-6-8-17(9-7-16)35-24(26(30,31)32)23(13-33-35)34-22(25(36)37)12-15-4-10-18(11-5-15)38-14-19-20(28)2-1-3-21(19)29/h1-11,13,22,34H,12,14H2,(H,36,37)/t22-/m0/s1. The number of carboxylic acid groups (broad SMARTS) is 1. The molecule has 38 heavy (non-hydrogen) atoms. The van der Waals surface area contributed by atoms with E-state index in [0.717, 1.165) is 6.20 Å². The highest BCUT2D eigenvalue weighted by atomic mass is 35.5. The molecule has 0 aliphatic heterocycles. The van der Waals surface area contributed by atoms with Gasteiger partial charge >= 0.3 is 12.1 Å². The van der Waals surface area contributed by atoms with Crippen molar-refractivity contribution in [3.05, 3.63) is 105 Å². The van der Waals surface area contributed by atoms with Crippen molar-refractivity contribution in [3.63, 3.8) is 0 Å².